The smallest absolute Gasteiger partial charge is 0.416 e. The number of aromatic amines is 1. The third kappa shape index (κ3) is 11.3. The van der Waals surface area contributed by atoms with Crippen LogP contribution in [0.4, 0.5) is 18.9 Å². The number of carbonyl (C=O) groups is 3. The van der Waals surface area contributed by atoms with Gasteiger partial charge >= 0.3 is 17.0 Å². The number of halogens is 3. The summed E-state index contributed by atoms with van der Waals surface area (Å²) in [5, 5.41) is 2.65. The molecule has 2 unspecified atom stereocenters. The van der Waals surface area contributed by atoms with Gasteiger partial charge in [-0.05, 0) is 68.4 Å². The molecular formula is C33H41F3N4O5S. The highest BCUT2D eigenvalue weighted by Gasteiger charge is 2.41. The Kier molecular flexibility index (Phi) is 13.9. The van der Waals surface area contributed by atoms with Crippen molar-refractivity contribution in [1.82, 2.24) is 9.88 Å². The molecule has 2 aliphatic rings. The number of likely N-dealkylation sites (tertiary alicyclic amines) is 1. The summed E-state index contributed by atoms with van der Waals surface area (Å²) in [5.74, 6) is -0.358. The van der Waals surface area contributed by atoms with Crippen LogP contribution in [0.1, 0.15) is 57.4 Å². The minimum atomic E-state index is -4.44. The van der Waals surface area contributed by atoms with Crippen LogP contribution in [-0.4, -0.2) is 53.9 Å². The van der Waals surface area contributed by atoms with E-state index in [9.17, 15) is 32.3 Å². The summed E-state index contributed by atoms with van der Waals surface area (Å²) in [5.41, 5.74) is 5.55. The van der Waals surface area contributed by atoms with Crippen LogP contribution < -0.4 is 15.9 Å². The Balaban J connectivity index is 0.000000204. The van der Waals surface area contributed by atoms with E-state index in [1.165, 1.54) is 54.7 Å². The van der Waals surface area contributed by atoms with Gasteiger partial charge in [-0.2, -0.15) is 13.2 Å². The van der Waals surface area contributed by atoms with Gasteiger partial charge in [-0.15, -0.1) is 0 Å². The molecule has 3 atom stereocenters. The van der Waals surface area contributed by atoms with Crippen LogP contribution in [-0.2, 0) is 25.3 Å². The third-order valence-electron chi connectivity index (χ3n) is 7.56. The van der Waals surface area contributed by atoms with E-state index in [1.807, 2.05) is 24.3 Å². The minimum Gasteiger partial charge on any atom is -0.469 e. The molecule has 0 spiro atoms. The number of nitrogens with two attached hydrogens (primary N) is 1. The van der Waals surface area contributed by atoms with E-state index in [0.29, 0.717) is 25.3 Å². The van der Waals surface area contributed by atoms with Gasteiger partial charge in [-0.3, -0.25) is 19.2 Å². The number of aromatic nitrogens is 1. The second-order valence-corrected chi connectivity index (χ2v) is 12.1. The van der Waals surface area contributed by atoms with Gasteiger partial charge < -0.3 is 25.7 Å². The van der Waals surface area contributed by atoms with E-state index in [0.717, 1.165) is 35.2 Å². The second-order valence-electron chi connectivity index (χ2n) is 11.0. The molecule has 2 heterocycles. The van der Waals surface area contributed by atoms with Gasteiger partial charge in [0, 0.05) is 12.2 Å². The van der Waals surface area contributed by atoms with Crippen molar-refractivity contribution in [3.05, 3.63) is 75.9 Å². The number of alkyl halides is 3. The number of primary amides is 1. The lowest BCUT2D eigenvalue weighted by Gasteiger charge is -2.22. The first-order chi connectivity index (χ1) is 21.9. The Bertz CT molecular complexity index is 1500. The number of hydrogen-bond acceptors (Lipinski definition) is 7. The first-order valence-electron chi connectivity index (χ1n) is 15.3. The van der Waals surface area contributed by atoms with Gasteiger partial charge in [0.15, 0.2) is 0 Å². The Hall–Kier alpha value is -4.13. The first kappa shape index (κ1) is 36.3. The maximum atomic E-state index is 12.6. The number of nitrogens with one attached hydrogen (secondary N) is 2. The maximum absolute atomic E-state index is 12.6. The summed E-state index contributed by atoms with van der Waals surface area (Å²) in [6.07, 6.45) is 7.12. The second kappa shape index (κ2) is 17.5. The standard InChI is InChI=1S/C14H16F3N3O2.C12H20O2.C7H5NOS/c15-14(16,17)9-3-1-4-10(7-9)19-8-12(21)20-6-2-5-11(20)13(18)22;1-3-4-5-6-7-8-10-9-11(10)12(13)14-2;9-7-8-5-3-1-2-4-6(5)10-7/h1,3-4,7,11,19H,2,5-6,8H2,(H2,18,22);7-8,10-11H,3-6,9H2,1-2H3;1-4H,(H,8,9)/b;8-7-;/t;10?,11-;/m.0./s1. The Morgan fingerprint density at radius 1 is 1.15 bits per heavy atom. The number of amides is 2. The van der Waals surface area contributed by atoms with E-state index in [1.54, 1.807) is 0 Å². The Morgan fingerprint density at radius 2 is 1.91 bits per heavy atom. The lowest BCUT2D eigenvalue weighted by atomic mass is 10.2. The SMILES string of the molecule is CCCCC/C=C\C1C[C@@H]1C(=O)OC.NC(=O)C1CCCN1C(=O)CNc1cccc(C(F)(F)F)c1.O=c1[nH]c2ccccc2s1. The molecule has 2 aromatic carbocycles. The van der Waals surface area contributed by atoms with Crippen molar-refractivity contribution in [2.24, 2.45) is 17.6 Å². The summed E-state index contributed by atoms with van der Waals surface area (Å²) in [6, 6.07) is 11.6. The van der Waals surface area contributed by atoms with Gasteiger partial charge in [0.05, 0.1) is 35.4 Å². The molecule has 0 bridgehead atoms. The van der Waals surface area contributed by atoms with Gasteiger partial charge in [-0.1, -0.05) is 61.5 Å². The van der Waals surface area contributed by atoms with Crippen molar-refractivity contribution in [1.29, 1.82) is 0 Å². The summed E-state index contributed by atoms with van der Waals surface area (Å²) in [6.45, 7) is 2.44. The highest BCUT2D eigenvalue weighted by molar-refractivity contribution is 7.16. The number of para-hydroxylation sites is 1. The lowest BCUT2D eigenvalue weighted by Crippen LogP contribution is -2.45. The highest BCUT2D eigenvalue weighted by atomic mass is 32.1. The fourth-order valence-electron chi connectivity index (χ4n) is 4.97. The highest BCUT2D eigenvalue weighted by Crippen LogP contribution is 2.40. The molecule has 250 valence electrons. The molecule has 13 heteroatoms. The molecule has 1 aromatic heterocycles. The molecule has 1 saturated heterocycles. The number of rotatable bonds is 10. The first-order valence-corrected chi connectivity index (χ1v) is 16.1. The largest absolute Gasteiger partial charge is 0.469 e. The van der Waals surface area contributed by atoms with E-state index in [-0.39, 0.29) is 34.9 Å². The number of benzene rings is 2. The predicted molar refractivity (Wildman–Crippen MR) is 173 cm³/mol. The molecule has 5 rings (SSSR count). The molecule has 0 radical (unpaired) electrons. The normalized spacial score (nSPS) is 18.7. The van der Waals surface area contributed by atoms with Crippen molar-refractivity contribution in [2.75, 3.05) is 25.5 Å². The van der Waals surface area contributed by atoms with E-state index >= 15 is 0 Å². The van der Waals surface area contributed by atoms with Gasteiger partial charge in [0.25, 0.3) is 0 Å². The zero-order valence-corrected chi connectivity index (χ0v) is 26.8. The molecule has 1 aliphatic carbocycles. The number of carbonyl (C=O) groups excluding carboxylic acids is 3. The molecule has 2 fully saturated rings. The summed E-state index contributed by atoms with van der Waals surface area (Å²) >= 11 is 1.24. The van der Waals surface area contributed by atoms with Crippen LogP contribution in [0.25, 0.3) is 10.2 Å². The van der Waals surface area contributed by atoms with Crippen molar-refractivity contribution in [3.63, 3.8) is 0 Å². The average molecular weight is 663 g/mol. The topological polar surface area (TPSA) is 135 Å². The number of H-pyrrole nitrogens is 1. The molecule has 2 amide bonds. The number of unbranched alkanes of at least 4 members (excludes halogenated alkanes) is 3. The summed E-state index contributed by atoms with van der Waals surface area (Å²) in [7, 11) is 1.46. The van der Waals surface area contributed by atoms with Crippen molar-refractivity contribution in [2.45, 2.75) is 64.1 Å². The number of fused-ring (bicyclic) bond motifs is 1. The Morgan fingerprint density at radius 3 is 2.59 bits per heavy atom. The number of thiazole rings is 1. The Labute approximate surface area is 270 Å². The van der Waals surface area contributed by atoms with Gasteiger partial charge in [0.1, 0.15) is 6.04 Å². The zero-order chi connectivity index (χ0) is 33.7. The molecular weight excluding hydrogens is 621 g/mol. The number of allylic oxidation sites excluding steroid dienone is 2. The maximum Gasteiger partial charge on any atom is 0.416 e. The lowest BCUT2D eigenvalue weighted by molar-refractivity contribution is -0.142. The van der Waals surface area contributed by atoms with Gasteiger partial charge in [0.2, 0.25) is 11.8 Å². The molecule has 3 aromatic rings. The fraction of sp³-hybridized carbons (Fsp3) is 0.455. The number of methoxy groups -OCH3 is 1. The molecule has 1 saturated carbocycles. The predicted octanol–water partition coefficient (Wildman–Crippen LogP) is 6.12. The fourth-order valence-corrected chi connectivity index (χ4v) is 5.71. The van der Waals surface area contributed by atoms with Crippen LogP contribution in [0.15, 0.2) is 65.5 Å². The summed E-state index contributed by atoms with van der Waals surface area (Å²) in [4.78, 5) is 49.2. The monoisotopic (exact) mass is 662 g/mol. The van der Waals surface area contributed by atoms with Crippen LogP contribution in [0.2, 0.25) is 0 Å². The number of hydrogen-bond donors (Lipinski definition) is 3. The third-order valence-corrected chi connectivity index (χ3v) is 8.43. The minimum absolute atomic E-state index is 0.0150. The molecule has 4 N–H and O–H groups in total. The van der Waals surface area contributed by atoms with E-state index in [2.05, 4.69) is 34.1 Å². The van der Waals surface area contributed by atoms with Crippen LogP contribution >= 0.6 is 11.3 Å². The molecule has 9 nitrogen and oxygen atoms in total. The zero-order valence-electron chi connectivity index (χ0n) is 26.0. The van der Waals surface area contributed by atoms with Crippen LogP contribution in [0.5, 0.6) is 0 Å². The van der Waals surface area contributed by atoms with E-state index in [4.69, 9.17) is 5.73 Å². The number of esters is 1. The number of nitrogens with zero attached hydrogens (tertiary/aromatic N) is 1. The van der Waals surface area contributed by atoms with Crippen LogP contribution in [0.3, 0.4) is 0 Å². The van der Waals surface area contributed by atoms with Crippen molar-refractivity contribution >= 4 is 45.0 Å². The summed E-state index contributed by atoms with van der Waals surface area (Å²) < 4.78 is 43.5. The van der Waals surface area contributed by atoms with Gasteiger partial charge in [-0.25, -0.2) is 0 Å². The average Bonchev–Trinajstić information content (AvgIpc) is 3.43. The molecule has 46 heavy (non-hydrogen) atoms. The number of ether oxygens (including phenoxy) is 1. The van der Waals surface area contributed by atoms with E-state index < -0.39 is 23.7 Å². The molecule has 1 aliphatic heterocycles. The van der Waals surface area contributed by atoms with Crippen molar-refractivity contribution in [3.8, 4) is 0 Å². The van der Waals surface area contributed by atoms with Crippen LogP contribution in [0, 0.1) is 11.8 Å². The number of anilines is 1. The quantitative estimate of drug-likeness (QED) is 0.136. The van der Waals surface area contributed by atoms with Crippen molar-refractivity contribution < 1.29 is 32.3 Å².